The molecule has 5 unspecified atom stereocenters. The molecule has 0 spiro atoms. The van der Waals surface area contributed by atoms with E-state index in [1.165, 1.54) is 0 Å². The standard InChI is InChI=1S/C13H23NO3/c1-8-4-11(6-13(16)17-8)14(3)7-10-5-12(10)9(2)15/h8,10-13,16H,4-7H2,1-3H3. The molecular weight excluding hydrogens is 218 g/mol. The van der Waals surface area contributed by atoms with Gasteiger partial charge in [0.05, 0.1) is 6.10 Å². The second-order valence-electron chi connectivity index (χ2n) is 5.68. The lowest BCUT2D eigenvalue weighted by atomic mass is 10.0. The number of ketones is 1. The minimum absolute atomic E-state index is 0.119. The van der Waals surface area contributed by atoms with E-state index in [1.54, 1.807) is 6.92 Å². The van der Waals surface area contributed by atoms with Crippen LogP contribution in [-0.2, 0) is 9.53 Å². The summed E-state index contributed by atoms with van der Waals surface area (Å²) in [5, 5.41) is 9.59. The minimum Gasteiger partial charge on any atom is -0.368 e. The Bertz CT molecular complexity index is 284. The summed E-state index contributed by atoms with van der Waals surface area (Å²) in [6.45, 7) is 4.65. The van der Waals surface area contributed by atoms with Crippen molar-refractivity contribution in [1.82, 2.24) is 4.90 Å². The summed E-state index contributed by atoms with van der Waals surface area (Å²) in [7, 11) is 2.09. The zero-order chi connectivity index (χ0) is 12.6. The van der Waals surface area contributed by atoms with Crippen molar-refractivity contribution in [3.63, 3.8) is 0 Å². The zero-order valence-corrected chi connectivity index (χ0v) is 10.9. The maximum absolute atomic E-state index is 11.2. The van der Waals surface area contributed by atoms with Gasteiger partial charge in [-0.25, -0.2) is 0 Å². The fourth-order valence-electron chi connectivity index (χ4n) is 2.92. The average molecular weight is 241 g/mol. The number of hydrogen-bond donors (Lipinski definition) is 1. The van der Waals surface area contributed by atoms with Gasteiger partial charge in [0.25, 0.3) is 0 Å². The molecule has 0 radical (unpaired) electrons. The fraction of sp³-hybridized carbons (Fsp3) is 0.923. The molecule has 2 rings (SSSR count). The van der Waals surface area contributed by atoms with E-state index < -0.39 is 6.29 Å². The van der Waals surface area contributed by atoms with Crippen molar-refractivity contribution in [3.8, 4) is 0 Å². The van der Waals surface area contributed by atoms with Gasteiger partial charge < -0.3 is 14.7 Å². The molecule has 17 heavy (non-hydrogen) atoms. The van der Waals surface area contributed by atoms with E-state index in [0.717, 1.165) is 19.4 Å². The molecule has 4 heteroatoms. The molecule has 2 aliphatic rings. The summed E-state index contributed by atoms with van der Waals surface area (Å²) in [6.07, 6.45) is 2.17. The van der Waals surface area contributed by atoms with Gasteiger partial charge in [-0.15, -0.1) is 0 Å². The Kier molecular flexibility index (Phi) is 3.85. The summed E-state index contributed by atoms with van der Waals surface area (Å²) in [6, 6.07) is 0.377. The van der Waals surface area contributed by atoms with E-state index in [9.17, 15) is 9.90 Å². The van der Waals surface area contributed by atoms with Gasteiger partial charge in [0, 0.05) is 24.9 Å². The normalized spacial score (nSPS) is 41.6. The van der Waals surface area contributed by atoms with E-state index in [2.05, 4.69) is 11.9 Å². The van der Waals surface area contributed by atoms with Crippen LogP contribution in [0.3, 0.4) is 0 Å². The van der Waals surface area contributed by atoms with Crippen molar-refractivity contribution in [2.24, 2.45) is 11.8 Å². The van der Waals surface area contributed by atoms with E-state index in [0.29, 0.717) is 30.1 Å². The molecule has 1 saturated carbocycles. The monoisotopic (exact) mass is 241 g/mol. The fourth-order valence-corrected chi connectivity index (χ4v) is 2.92. The number of nitrogens with zero attached hydrogens (tertiary/aromatic N) is 1. The molecule has 1 aliphatic heterocycles. The Labute approximate surface area is 103 Å². The second kappa shape index (κ2) is 5.04. The molecule has 0 amide bonds. The number of ether oxygens (including phenoxy) is 1. The third kappa shape index (κ3) is 3.27. The molecule has 5 atom stereocenters. The summed E-state index contributed by atoms with van der Waals surface area (Å²) in [5.74, 6) is 1.15. The van der Waals surface area contributed by atoms with Crippen molar-refractivity contribution in [2.75, 3.05) is 13.6 Å². The summed E-state index contributed by atoms with van der Waals surface area (Å²) in [5.41, 5.74) is 0. The van der Waals surface area contributed by atoms with Crippen molar-refractivity contribution in [3.05, 3.63) is 0 Å². The third-order valence-corrected chi connectivity index (χ3v) is 4.06. The number of Topliss-reactive ketones (excluding diaryl/α,β-unsaturated/α-hetero) is 1. The molecular formula is C13H23NO3. The van der Waals surface area contributed by atoms with Gasteiger partial charge in [0.2, 0.25) is 0 Å². The Hall–Kier alpha value is -0.450. The molecule has 0 aromatic carbocycles. The van der Waals surface area contributed by atoms with Gasteiger partial charge in [-0.1, -0.05) is 0 Å². The van der Waals surface area contributed by atoms with Crippen LogP contribution in [0.4, 0.5) is 0 Å². The summed E-state index contributed by atoms with van der Waals surface area (Å²) >= 11 is 0. The van der Waals surface area contributed by atoms with Gasteiger partial charge in [-0.2, -0.15) is 0 Å². The number of aliphatic hydroxyl groups excluding tert-OH is 1. The molecule has 0 aromatic rings. The topological polar surface area (TPSA) is 49.8 Å². The van der Waals surface area contributed by atoms with E-state index in [1.807, 2.05) is 6.92 Å². The van der Waals surface area contributed by atoms with Crippen LogP contribution in [0.2, 0.25) is 0 Å². The SMILES string of the molecule is CC(=O)C1CC1CN(C)C1CC(C)OC(O)C1. The molecule has 0 bridgehead atoms. The maximum Gasteiger partial charge on any atom is 0.156 e. The molecule has 0 aromatic heterocycles. The first-order chi connectivity index (χ1) is 7.97. The van der Waals surface area contributed by atoms with Gasteiger partial charge >= 0.3 is 0 Å². The van der Waals surface area contributed by atoms with Crippen molar-refractivity contribution >= 4 is 5.78 Å². The van der Waals surface area contributed by atoms with Gasteiger partial charge in [-0.05, 0) is 39.7 Å². The third-order valence-electron chi connectivity index (χ3n) is 4.06. The number of hydrogen-bond acceptors (Lipinski definition) is 4. The molecule has 4 nitrogen and oxygen atoms in total. The number of rotatable bonds is 4. The second-order valence-corrected chi connectivity index (χ2v) is 5.68. The maximum atomic E-state index is 11.2. The van der Waals surface area contributed by atoms with E-state index >= 15 is 0 Å². The number of aliphatic hydroxyl groups is 1. The van der Waals surface area contributed by atoms with Crippen LogP contribution < -0.4 is 0 Å². The van der Waals surface area contributed by atoms with Crippen LogP contribution in [0, 0.1) is 11.8 Å². The molecule has 1 saturated heterocycles. The van der Waals surface area contributed by atoms with Crippen LogP contribution in [0.5, 0.6) is 0 Å². The minimum atomic E-state index is -0.631. The zero-order valence-electron chi connectivity index (χ0n) is 10.9. The Morgan fingerprint density at radius 1 is 1.41 bits per heavy atom. The predicted octanol–water partition coefficient (Wildman–Crippen LogP) is 1.03. The van der Waals surface area contributed by atoms with Gasteiger partial charge in [0.15, 0.2) is 6.29 Å². The average Bonchev–Trinajstić information content (AvgIpc) is 2.95. The molecule has 2 fully saturated rings. The first kappa shape index (κ1) is 13.0. The molecule has 1 N–H and O–H groups in total. The Morgan fingerprint density at radius 2 is 2.12 bits per heavy atom. The van der Waals surface area contributed by atoms with Crippen LogP contribution in [0.1, 0.15) is 33.1 Å². The summed E-state index contributed by atoms with van der Waals surface area (Å²) < 4.78 is 5.32. The van der Waals surface area contributed by atoms with Crippen molar-refractivity contribution < 1.29 is 14.6 Å². The quantitative estimate of drug-likeness (QED) is 0.798. The highest BCUT2D eigenvalue weighted by Gasteiger charge is 2.42. The lowest BCUT2D eigenvalue weighted by Crippen LogP contribution is -2.44. The molecule has 1 heterocycles. The Balaban J connectivity index is 1.80. The predicted molar refractivity (Wildman–Crippen MR) is 64.5 cm³/mol. The van der Waals surface area contributed by atoms with Crippen LogP contribution in [-0.4, -0.2) is 47.8 Å². The number of carbonyl (C=O) groups excluding carboxylic acids is 1. The highest BCUT2D eigenvalue weighted by Crippen LogP contribution is 2.40. The largest absolute Gasteiger partial charge is 0.368 e. The van der Waals surface area contributed by atoms with Gasteiger partial charge in [-0.3, -0.25) is 4.79 Å². The van der Waals surface area contributed by atoms with Crippen molar-refractivity contribution in [2.45, 2.75) is 51.5 Å². The highest BCUT2D eigenvalue weighted by molar-refractivity contribution is 5.81. The van der Waals surface area contributed by atoms with E-state index in [-0.39, 0.29) is 6.10 Å². The van der Waals surface area contributed by atoms with Crippen LogP contribution >= 0.6 is 0 Å². The van der Waals surface area contributed by atoms with Crippen LogP contribution in [0.25, 0.3) is 0 Å². The number of carbonyl (C=O) groups is 1. The Morgan fingerprint density at radius 3 is 2.65 bits per heavy atom. The lowest BCUT2D eigenvalue weighted by Gasteiger charge is -2.36. The van der Waals surface area contributed by atoms with Crippen molar-refractivity contribution in [1.29, 1.82) is 0 Å². The molecule has 98 valence electrons. The summed E-state index contributed by atoms with van der Waals surface area (Å²) in [4.78, 5) is 13.5. The first-order valence-electron chi connectivity index (χ1n) is 6.51. The van der Waals surface area contributed by atoms with E-state index in [4.69, 9.17) is 4.74 Å². The highest BCUT2D eigenvalue weighted by atomic mass is 16.6. The van der Waals surface area contributed by atoms with Crippen LogP contribution in [0.15, 0.2) is 0 Å². The molecule has 1 aliphatic carbocycles. The first-order valence-corrected chi connectivity index (χ1v) is 6.51. The smallest absolute Gasteiger partial charge is 0.156 e. The lowest BCUT2D eigenvalue weighted by molar-refractivity contribution is -0.174. The van der Waals surface area contributed by atoms with Gasteiger partial charge in [0.1, 0.15) is 5.78 Å².